The van der Waals surface area contributed by atoms with E-state index in [1.807, 2.05) is 11.8 Å². The molecule has 1 heterocycles. The van der Waals surface area contributed by atoms with E-state index in [0.717, 1.165) is 25.8 Å². The number of amides is 1. The summed E-state index contributed by atoms with van der Waals surface area (Å²) in [7, 11) is 0. The Bertz CT molecular complexity index is 240. The Hall–Kier alpha value is 0.0700. The second-order valence-corrected chi connectivity index (χ2v) is 6.00. The molecule has 1 saturated heterocycles. The minimum atomic E-state index is -0.524. The van der Waals surface area contributed by atoms with Crippen LogP contribution in [0.3, 0.4) is 0 Å². The SMILES string of the molecule is Cl.NC1(C(=O)NCC2CCSCC2)CCC1. The van der Waals surface area contributed by atoms with E-state index in [-0.39, 0.29) is 18.3 Å². The summed E-state index contributed by atoms with van der Waals surface area (Å²) in [6.07, 6.45) is 5.30. The molecule has 1 aliphatic carbocycles. The van der Waals surface area contributed by atoms with Crippen LogP contribution >= 0.6 is 24.2 Å². The highest BCUT2D eigenvalue weighted by Crippen LogP contribution is 2.29. The fourth-order valence-corrected chi connectivity index (χ4v) is 3.35. The predicted octanol–water partition coefficient (Wildman–Crippen LogP) is 1.55. The van der Waals surface area contributed by atoms with Crippen molar-refractivity contribution in [1.29, 1.82) is 0 Å². The van der Waals surface area contributed by atoms with E-state index < -0.39 is 5.54 Å². The van der Waals surface area contributed by atoms with E-state index in [4.69, 9.17) is 5.73 Å². The Morgan fingerprint density at radius 3 is 2.50 bits per heavy atom. The maximum Gasteiger partial charge on any atom is 0.240 e. The maximum absolute atomic E-state index is 11.7. The molecule has 3 nitrogen and oxygen atoms in total. The first kappa shape index (κ1) is 14.1. The lowest BCUT2D eigenvalue weighted by Gasteiger charge is -2.36. The molecule has 2 aliphatic rings. The topological polar surface area (TPSA) is 55.1 Å². The van der Waals surface area contributed by atoms with E-state index in [0.29, 0.717) is 5.92 Å². The number of nitrogens with two attached hydrogens (primary N) is 1. The van der Waals surface area contributed by atoms with E-state index >= 15 is 0 Å². The van der Waals surface area contributed by atoms with Crippen LogP contribution in [0, 0.1) is 5.92 Å². The Kier molecular flexibility index (Phi) is 5.41. The van der Waals surface area contributed by atoms with Gasteiger partial charge in [-0.1, -0.05) is 0 Å². The van der Waals surface area contributed by atoms with Crippen molar-refractivity contribution in [3.63, 3.8) is 0 Å². The third-order valence-corrected chi connectivity index (χ3v) is 4.64. The van der Waals surface area contributed by atoms with Crippen molar-refractivity contribution in [2.24, 2.45) is 11.7 Å². The first-order chi connectivity index (χ1) is 7.21. The molecule has 0 aromatic heterocycles. The van der Waals surface area contributed by atoms with Crippen LogP contribution in [0.15, 0.2) is 0 Å². The summed E-state index contributed by atoms with van der Waals surface area (Å²) in [4.78, 5) is 11.7. The van der Waals surface area contributed by atoms with Gasteiger partial charge in [0.15, 0.2) is 0 Å². The Balaban J connectivity index is 0.00000128. The molecule has 5 heteroatoms. The van der Waals surface area contributed by atoms with E-state index in [1.165, 1.54) is 24.3 Å². The zero-order chi connectivity index (χ0) is 10.7. The van der Waals surface area contributed by atoms with Crippen LogP contribution < -0.4 is 11.1 Å². The number of carbonyl (C=O) groups excluding carboxylic acids is 1. The van der Waals surface area contributed by atoms with Gasteiger partial charge in [0.2, 0.25) is 5.91 Å². The number of hydrogen-bond acceptors (Lipinski definition) is 3. The van der Waals surface area contributed by atoms with E-state index in [1.54, 1.807) is 0 Å². The average molecular weight is 265 g/mol. The monoisotopic (exact) mass is 264 g/mol. The van der Waals surface area contributed by atoms with Crippen LogP contribution in [0.2, 0.25) is 0 Å². The standard InChI is InChI=1S/C11H20N2OS.ClH/c12-11(4-1-5-11)10(14)13-8-9-2-6-15-7-3-9;/h9H,1-8,12H2,(H,13,14);1H. The summed E-state index contributed by atoms with van der Waals surface area (Å²) in [5, 5.41) is 3.02. The molecule has 0 radical (unpaired) electrons. The van der Waals surface area contributed by atoms with Gasteiger partial charge in [0.05, 0.1) is 5.54 Å². The molecule has 1 saturated carbocycles. The van der Waals surface area contributed by atoms with Gasteiger partial charge in [-0.3, -0.25) is 4.79 Å². The molecule has 1 amide bonds. The molecule has 94 valence electrons. The molecule has 1 aliphatic heterocycles. The van der Waals surface area contributed by atoms with Crippen LogP contribution in [0.25, 0.3) is 0 Å². The molecule has 0 aromatic rings. The molecule has 0 bridgehead atoms. The molecule has 0 aromatic carbocycles. The van der Waals surface area contributed by atoms with Crippen LogP contribution in [0.4, 0.5) is 0 Å². The van der Waals surface area contributed by atoms with Crippen molar-refractivity contribution in [2.45, 2.75) is 37.6 Å². The van der Waals surface area contributed by atoms with Crippen molar-refractivity contribution < 1.29 is 4.79 Å². The predicted molar refractivity (Wildman–Crippen MR) is 71.1 cm³/mol. The third kappa shape index (κ3) is 3.28. The van der Waals surface area contributed by atoms with E-state index in [2.05, 4.69) is 5.32 Å². The summed E-state index contributed by atoms with van der Waals surface area (Å²) >= 11 is 2.02. The van der Waals surface area contributed by atoms with Gasteiger partial charge in [-0.2, -0.15) is 11.8 Å². The van der Waals surface area contributed by atoms with Crippen molar-refractivity contribution in [3.8, 4) is 0 Å². The fraction of sp³-hybridized carbons (Fsp3) is 0.909. The summed E-state index contributed by atoms with van der Waals surface area (Å²) in [6.45, 7) is 0.832. The van der Waals surface area contributed by atoms with Crippen LogP contribution in [0.1, 0.15) is 32.1 Å². The summed E-state index contributed by atoms with van der Waals surface area (Å²) < 4.78 is 0. The molecule has 0 atom stereocenters. The second-order valence-electron chi connectivity index (χ2n) is 4.78. The highest BCUT2D eigenvalue weighted by Gasteiger charge is 2.39. The first-order valence-corrected chi connectivity index (χ1v) is 7.01. The molecule has 2 rings (SSSR count). The third-order valence-electron chi connectivity index (χ3n) is 3.59. The van der Waals surface area contributed by atoms with Crippen LogP contribution in [-0.2, 0) is 4.79 Å². The van der Waals surface area contributed by atoms with Crippen molar-refractivity contribution >= 4 is 30.1 Å². The van der Waals surface area contributed by atoms with Gasteiger partial charge in [0.25, 0.3) is 0 Å². The number of nitrogens with one attached hydrogen (secondary N) is 1. The smallest absolute Gasteiger partial charge is 0.240 e. The summed E-state index contributed by atoms with van der Waals surface area (Å²) in [5.74, 6) is 3.24. The molecule has 3 N–H and O–H groups in total. The van der Waals surface area contributed by atoms with Gasteiger partial charge in [-0.05, 0) is 49.5 Å². The molecule has 2 fully saturated rings. The maximum atomic E-state index is 11.7. The van der Waals surface area contributed by atoms with Crippen LogP contribution in [-0.4, -0.2) is 29.5 Å². The highest BCUT2D eigenvalue weighted by atomic mass is 35.5. The molecule has 0 spiro atoms. The number of thioether (sulfide) groups is 1. The van der Waals surface area contributed by atoms with Gasteiger partial charge < -0.3 is 11.1 Å². The van der Waals surface area contributed by atoms with Gasteiger partial charge in [0.1, 0.15) is 0 Å². The normalized spacial score (nSPS) is 24.1. The Morgan fingerprint density at radius 2 is 2.00 bits per heavy atom. The minimum Gasteiger partial charge on any atom is -0.354 e. The minimum absolute atomic E-state index is 0. The fourth-order valence-electron chi connectivity index (χ4n) is 2.15. The summed E-state index contributed by atoms with van der Waals surface area (Å²) in [6, 6.07) is 0. The van der Waals surface area contributed by atoms with Crippen LogP contribution in [0.5, 0.6) is 0 Å². The van der Waals surface area contributed by atoms with E-state index in [9.17, 15) is 4.79 Å². The molecular weight excluding hydrogens is 244 g/mol. The Morgan fingerprint density at radius 1 is 1.38 bits per heavy atom. The van der Waals surface area contributed by atoms with Crippen molar-refractivity contribution in [1.82, 2.24) is 5.32 Å². The zero-order valence-corrected chi connectivity index (χ0v) is 11.2. The largest absolute Gasteiger partial charge is 0.354 e. The quantitative estimate of drug-likeness (QED) is 0.813. The second kappa shape index (κ2) is 6.12. The first-order valence-electron chi connectivity index (χ1n) is 5.86. The Labute approximate surface area is 108 Å². The van der Waals surface area contributed by atoms with Gasteiger partial charge in [0, 0.05) is 6.54 Å². The van der Waals surface area contributed by atoms with Gasteiger partial charge >= 0.3 is 0 Å². The highest BCUT2D eigenvalue weighted by molar-refractivity contribution is 7.99. The lowest BCUT2D eigenvalue weighted by atomic mass is 9.77. The number of carbonyl (C=O) groups is 1. The lowest BCUT2D eigenvalue weighted by molar-refractivity contribution is -0.129. The van der Waals surface area contributed by atoms with Crippen molar-refractivity contribution in [2.75, 3.05) is 18.1 Å². The lowest BCUT2D eigenvalue weighted by Crippen LogP contribution is -2.59. The zero-order valence-electron chi connectivity index (χ0n) is 9.54. The molecular formula is C11H21ClN2OS. The number of halogens is 1. The van der Waals surface area contributed by atoms with Gasteiger partial charge in [-0.25, -0.2) is 0 Å². The number of rotatable bonds is 3. The number of hydrogen-bond donors (Lipinski definition) is 2. The van der Waals surface area contributed by atoms with Gasteiger partial charge in [-0.15, -0.1) is 12.4 Å². The summed E-state index contributed by atoms with van der Waals surface area (Å²) in [5.41, 5.74) is 5.42. The molecule has 0 unspecified atom stereocenters. The molecule has 16 heavy (non-hydrogen) atoms. The average Bonchev–Trinajstić information content (AvgIpc) is 2.24. The van der Waals surface area contributed by atoms with Crippen molar-refractivity contribution in [3.05, 3.63) is 0 Å².